The Morgan fingerprint density at radius 3 is 3.04 bits per heavy atom. The Bertz CT molecular complexity index is 794. The summed E-state index contributed by atoms with van der Waals surface area (Å²) < 4.78 is 7.70. The van der Waals surface area contributed by atoms with Crippen LogP contribution < -0.4 is 0 Å². The van der Waals surface area contributed by atoms with Crippen molar-refractivity contribution < 1.29 is 4.52 Å². The van der Waals surface area contributed by atoms with Crippen LogP contribution >= 0.6 is 11.3 Å². The van der Waals surface area contributed by atoms with E-state index in [0.29, 0.717) is 5.92 Å². The average molecular weight is 357 g/mol. The highest BCUT2D eigenvalue weighted by atomic mass is 32.1. The quantitative estimate of drug-likeness (QED) is 0.677. The summed E-state index contributed by atoms with van der Waals surface area (Å²) in [6.07, 6.45) is 7.26. The van der Waals surface area contributed by atoms with Crippen molar-refractivity contribution in [2.75, 3.05) is 13.1 Å². The Labute approximate surface area is 151 Å². The predicted octanol–water partition coefficient (Wildman–Crippen LogP) is 3.32. The molecule has 0 spiro atoms. The number of nitrogens with zero attached hydrogens (tertiary/aromatic N) is 5. The van der Waals surface area contributed by atoms with Gasteiger partial charge >= 0.3 is 0 Å². The number of aromatic nitrogens is 4. The van der Waals surface area contributed by atoms with Crippen molar-refractivity contribution in [3.8, 4) is 0 Å². The van der Waals surface area contributed by atoms with Gasteiger partial charge < -0.3 is 9.09 Å². The number of hydrogen-bond donors (Lipinski definition) is 0. The minimum Gasteiger partial charge on any atom is -0.360 e. The van der Waals surface area contributed by atoms with Crippen molar-refractivity contribution in [2.24, 2.45) is 0 Å². The molecule has 3 aromatic heterocycles. The number of aryl methyl sites for hydroxylation is 1. The van der Waals surface area contributed by atoms with Crippen molar-refractivity contribution in [1.29, 1.82) is 0 Å². The molecule has 0 aromatic carbocycles. The lowest BCUT2D eigenvalue weighted by Crippen LogP contribution is -2.34. The van der Waals surface area contributed by atoms with E-state index in [2.05, 4.69) is 49.2 Å². The maximum Gasteiger partial charge on any atom is 0.150 e. The number of piperidine rings is 1. The van der Waals surface area contributed by atoms with Crippen LogP contribution in [0.25, 0.3) is 0 Å². The summed E-state index contributed by atoms with van der Waals surface area (Å²) in [6.45, 7) is 5.84. The molecule has 0 saturated carbocycles. The zero-order valence-corrected chi connectivity index (χ0v) is 15.3. The molecule has 4 heterocycles. The van der Waals surface area contributed by atoms with Gasteiger partial charge in [0.1, 0.15) is 5.82 Å². The SMILES string of the molecule is CCc1cc(CN2CCC[C@@H](c3nccn3Cc3cscn3)C2)on1. The van der Waals surface area contributed by atoms with Gasteiger partial charge in [-0.1, -0.05) is 12.1 Å². The molecule has 132 valence electrons. The second kappa shape index (κ2) is 7.49. The first-order valence-electron chi connectivity index (χ1n) is 8.86. The van der Waals surface area contributed by atoms with Gasteiger partial charge in [0.25, 0.3) is 0 Å². The predicted molar refractivity (Wildman–Crippen MR) is 96.6 cm³/mol. The summed E-state index contributed by atoms with van der Waals surface area (Å²) in [5.41, 5.74) is 4.02. The van der Waals surface area contributed by atoms with Gasteiger partial charge in [-0.15, -0.1) is 11.3 Å². The molecule has 0 N–H and O–H groups in total. The van der Waals surface area contributed by atoms with Gasteiger partial charge in [0.15, 0.2) is 5.76 Å². The van der Waals surface area contributed by atoms with Crippen molar-refractivity contribution >= 4 is 11.3 Å². The van der Waals surface area contributed by atoms with E-state index in [1.54, 1.807) is 11.3 Å². The Kier molecular flexibility index (Phi) is 4.94. The van der Waals surface area contributed by atoms with Crippen LogP contribution in [0, 0.1) is 0 Å². The van der Waals surface area contributed by atoms with Gasteiger partial charge in [-0.2, -0.15) is 0 Å². The first kappa shape index (κ1) is 16.5. The van der Waals surface area contributed by atoms with E-state index in [1.807, 2.05) is 11.7 Å². The lowest BCUT2D eigenvalue weighted by atomic mass is 9.97. The Hall–Kier alpha value is -1.99. The molecule has 1 atom stereocenters. The summed E-state index contributed by atoms with van der Waals surface area (Å²) in [5.74, 6) is 2.59. The first-order chi connectivity index (χ1) is 12.3. The standard InChI is InChI=1S/C18H23N5OS/c1-2-15-8-17(24-21-15)11-22-6-3-4-14(9-22)18-19-5-7-23(18)10-16-12-25-13-20-16/h5,7-8,12-14H,2-4,6,9-11H2,1H3/t14-/m1/s1. The molecule has 1 fully saturated rings. The van der Waals surface area contributed by atoms with Gasteiger partial charge in [0.05, 0.1) is 30.0 Å². The maximum atomic E-state index is 5.46. The molecule has 1 aliphatic rings. The topological polar surface area (TPSA) is 60.0 Å². The fraction of sp³-hybridized carbons (Fsp3) is 0.500. The summed E-state index contributed by atoms with van der Waals surface area (Å²) in [5, 5.41) is 6.20. The normalized spacial score (nSPS) is 18.7. The third-order valence-corrected chi connectivity index (χ3v) is 5.42. The van der Waals surface area contributed by atoms with Gasteiger partial charge in [0.2, 0.25) is 0 Å². The number of rotatable bonds is 6. The van der Waals surface area contributed by atoms with Crippen molar-refractivity contribution in [1.82, 2.24) is 24.6 Å². The van der Waals surface area contributed by atoms with Crippen LogP contribution in [0.1, 0.15) is 48.7 Å². The second-order valence-electron chi connectivity index (χ2n) is 6.61. The molecule has 3 aromatic rings. The lowest BCUT2D eigenvalue weighted by Gasteiger charge is -2.31. The highest BCUT2D eigenvalue weighted by Gasteiger charge is 2.25. The van der Waals surface area contributed by atoms with Gasteiger partial charge in [-0.3, -0.25) is 4.90 Å². The van der Waals surface area contributed by atoms with Gasteiger partial charge in [-0.05, 0) is 25.8 Å². The van der Waals surface area contributed by atoms with Crippen LogP contribution in [0.2, 0.25) is 0 Å². The van der Waals surface area contributed by atoms with E-state index in [0.717, 1.165) is 49.7 Å². The minimum absolute atomic E-state index is 0.455. The Morgan fingerprint density at radius 2 is 2.24 bits per heavy atom. The number of hydrogen-bond acceptors (Lipinski definition) is 6. The number of thiazole rings is 1. The molecule has 6 nitrogen and oxygen atoms in total. The number of likely N-dealkylation sites (tertiary alicyclic amines) is 1. The molecule has 7 heteroatoms. The van der Waals surface area contributed by atoms with Crippen LogP contribution in [0.5, 0.6) is 0 Å². The summed E-state index contributed by atoms with van der Waals surface area (Å²) in [4.78, 5) is 11.5. The average Bonchev–Trinajstić information content (AvgIpc) is 3.37. The zero-order chi connectivity index (χ0) is 17.1. The largest absolute Gasteiger partial charge is 0.360 e. The molecule has 1 aliphatic heterocycles. The van der Waals surface area contributed by atoms with E-state index in [4.69, 9.17) is 4.52 Å². The van der Waals surface area contributed by atoms with E-state index >= 15 is 0 Å². The molecule has 0 radical (unpaired) electrons. The highest BCUT2D eigenvalue weighted by molar-refractivity contribution is 7.07. The fourth-order valence-corrected chi connectivity index (χ4v) is 4.08. The van der Waals surface area contributed by atoms with E-state index in [9.17, 15) is 0 Å². The van der Waals surface area contributed by atoms with Crippen LogP contribution in [0.4, 0.5) is 0 Å². The second-order valence-corrected chi connectivity index (χ2v) is 7.32. The monoisotopic (exact) mass is 357 g/mol. The first-order valence-corrected chi connectivity index (χ1v) is 9.81. The summed E-state index contributed by atoms with van der Waals surface area (Å²) in [7, 11) is 0. The van der Waals surface area contributed by atoms with Crippen molar-refractivity contribution in [3.63, 3.8) is 0 Å². The Balaban J connectivity index is 1.43. The lowest BCUT2D eigenvalue weighted by molar-refractivity contribution is 0.176. The van der Waals surface area contributed by atoms with E-state index in [-0.39, 0.29) is 0 Å². The molecule has 25 heavy (non-hydrogen) atoms. The van der Waals surface area contributed by atoms with E-state index < -0.39 is 0 Å². The fourth-order valence-electron chi connectivity index (χ4n) is 3.53. The van der Waals surface area contributed by atoms with Crippen LogP contribution in [-0.2, 0) is 19.5 Å². The molecule has 0 bridgehead atoms. The van der Waals surface area contributed by atoms with E-state index in [1.165, 1.54) is 18.7 Å². The minimum atomic E-state index is 0.455. The Morgan fingerprint density at radius 1 is 1.28 bits per heavy atom. The van der Waals surface area contributed by atoms with Gasteiger partial charge in [0, 0.05) is 36.3 Å². The van der Waals surface area contributed by atoms with Crippen LogP contribution in [0.3, 0.4) is 0 Å². The molecular weight excluding hydrogens is 334 g/mol. The molecular formula is C18H23N5OS. The highest BCUT2D eigenvalue weighted by Crippen LogP contribution is 2.27. The van der Waals surface area contributed by atoms with Crippen molar-refractivity contribution in [2.45, 2.75) is 45.2 Å². The van der Waals surface area contributed by atoms with Crippen LogP contribution in [-0.4, -0.2) is 37.7 Å². The molecule has 0 unspecified atom stereocenters. The van der Waals surface area contributed by atoms with Crippen molar-refractivity contribution in [3.05, 3.63) is 52.3 Å². The summed E-state index contributed by atoms with van der Waals surface area (Å²) in [6, 6.07) is 2.08. The third-order valence-electron chi connectivity index (χ3n) is 4.78. The van der Waals surface area contributed by atoms with Crippen LogP contribution in [0.15, 0.2) is 33.9 Å². The maximum absolute atomic E-state index is 5.46. The molecule has 4 rings (SSSR count). The smallest absolute Gasteiger partial charge is 0.150 e. The van der Waals surface area contributed by atoms with Gasteiger partial charge in [-0.25, -0.2) is 9.97 Å². The summed E-state index contributed by atoms with van der Waals surface area (Å²) >= 11 is 1.64. The number of imidazole rings is 1. The molecule has 1 saturated heterocycles. The zero-order valence-electron chi connectivity index (χ0n) is 14.5. The molecule has 0 amide bonds. The molecule has 0 aliphatic carbocycles. The third kappa shape index (κ3) is 3.82.